The van der Waals surface area contributed by atoms with E-state index in [4.69, 9.17) is 0 Å². The van der Waals surface area contributed by atoms with E-state index < -0.39 is 10.0 Å². The zero-order valence-corrected chi connectivity index (χ0v) is 17.4. The Kier molecular flexibility index (Phi) is 5.75. The van der Waals surface area contributed by atoms with Crippen molar-refractivity contribution in [3.63, 3.8) is 0 Å². The van der Waals surface area contributed by atoms with Gasteiger partial charge in [-0.05, 0) is 12.1 Å². The molecule has 1 saturated heterocycles. The fourth-order valence-electron chi connectivity index (χ4n) is 3.41. The van der Waals surface area contributed by atoms with Crippen LogP contribution in [0.4, 0.5) is 0 Å². The molecular formula is C22H19N5O3S. The van der Waals surface area contributed by atoms with Gasteiger partial charge in [0.2, 0.25) is 10.0 Å². The van der Waals surface area contributed by atoms with Crippen molar-refractivity contribution in [3.05, 3.63) is 78.1 Å². The van der Waals surface area contributed by atoms with E-state index in [-0.39, 0.29) is 42.5 Å². The number of nitrogens with zero attached hydrogens (tertiary/aromatic N) is 5. The van der Waals surface area contributed by atoms with Crippen molar-refractivity contribution in [1.29, 1.82) is 5.26 Å². The van der Waals surface area contributed by atoms with E-state index in [1.165, 1.54) is 28.8 Å². The molecule has 0 unspecified atom stereocenters. The summed E-state index contributed by atoms with van der Waals surface area (Å²) in [4.78, 5) is 22.9. The Labute approximate surface area is 180 Å². The van der Waals surface area contributed by atoms with Crippen LogP contribution in [0.25, 0.3) is 11.4 Å². The van der Waals surface area contributed by atoms with Crippen LogP contribution in [0.1, 0.15) is 15.9 Å². The normalized spacial score (nSPS) is 14.7. The smallest absolute Gasteiger partial charge is 0.257 e. The van der Waals surface area contributed by atoms with Crippen molar-refractivity contribution in [3.8, 4) is 17.5 Å². The topological polar surface area (TPSA) is 107 Å². The first kappa shape index (κ1) is 20.7. The van der Waals surface area contributed by atoms with Gasteiger partial charge in [-0.2, -0.15) is 9.57 Å². The molecule has 0 atom stereocenters. The molecule has 0 bridgehead atoms. The molecule has 2 heterocycles. The predicted octanol–water partition coefficient (Wildman–Crippen LogP) is 2.16. The molecule has 156 valence electrons. The quantitative estimate of drug-likeness (QED) is 0.624. The van der Waals surface area contributed by atoms with Gasteiger partial charge in [0.15, 0.2) is 5.82 Å². The molecule has 1 fully saturated rings. The molecule has 1 aliphatic heterocycles. The fourth-order valence-corrected chi connectivity index (χ4v) is 4.98. The van der Waals surface area contributed by atoms with Crippen LogP contribution >= 0.6 is 0 Å². The van der Waals surface area contributed by atoms with Crippen LogP contribution in [0.3, 0.4) is 0 Å². The second-order valence-corrected chi connectivity index (χ2v) is 8.87. The molecule has 0 N–H and O–H groups in total. The predicted molar refractivity (Wildman–Crippen MR) is 113 cm³/mol. The molecule has 2 aromatic carbocycles. The number of hydrogen-bond donors (Lipinski definition) is 0. The third-order valence-corrected chi connectivity index (χ3v) is 7.04. The van der Waals surface area contributed by atoms with Crippen LogP contribution in [-0.2, 0) is 10.0 Å². The number of carbonyl (C=O) groups excluding carboxylic acids is 1. The molecule has 0 aliphatic carbocycles. The summed E-state index contributed by atoms with van der Waals surface area (Å²) < 4.78 is 27.2. The maximum Gasteiger partial charge on any atom is 0.257 e. The first-order valence-corrected chi connectivity index (χ1v) is 11.1. The Bertz CT molecular complexity index is 1230. The standard InChI is InChI=1S/C22H19N5O3S/c23-14-18-8-4-5-9-20(18)31(29,30)27-12-10-26(11-13-27)22(28)19-15-24-21(25-16-19)17-6-2-1-3-7-17/h1-9,15-16H,10-13H2. The minimum atomic E-state index is -3.81. The Hall–Kier alpha value is -3.61. The van der Waals surface area contributed by atoms with Crippen molar-refractivity contribution in [1.82, 2.24) is 19.2 Å². The molecule has 0 spiro atoms. The first-order chi connectivity index (χ1) is 15.0. The van der Waals surface area contributed by atoms with E-state index in [2.05, 4.69) is 9.97 Å². The fraction of sp³-hybridized carbons (Fsp3) is 0.182. The highest BCUT2D eigenvalue weighted by atomic mass is 32.2. The number of rotatable bonds is 4. The number of aromatic nitrogens is 2. The second kappa shape index (κ2) is 8.63. The number of amides is 1. The van der Waals surface area contributed by atoms with Gasteiger partial charge in [0.1, 0.15) is 6.07 Å². The summed E-state index contributed by atoms with van der Waals surface area (Å²) in [7, 11) is -3.81. The summed E-state index contributed by atoms with van der Waals surface area (Å²) in [6, 6.07) is 17.5. The molecule has 31 heavy (non-hydrogen) atoms. The Balaban J connectivity index is 1.44. The number of nitriles is 1. The maximum atomic E-state index is 12.9. The van der Waals surface area contributed by atoms with Crippen LogP contribution in [0, 0.1) is 11.3 Å². The molecule has 3 aromatic rings. The highest BCUT2D eigenvalue weighted by Gasteiger charge is 2.32. The molecule has 4 rings (SSSR count). The lowest BCUT2D eigenvalue weighted by molar-refractivity contribution is 0.0697. The molecule has 1 amide bonds. The summed E-state index contributed by atoms with van der Waals surface area (Å²) in [5, 5.41) is 9.22. The van der Waals surface area contributed by atoms with E-state index >= 15 is 0 Å². The minimum absolute atomic E-state index is 0.0119. The van der Waals surface area contributed by atoms with Crippen LogP contribution in [0.5, 0.6) is 0 Å². The van der Waals surface area contributed by atoms with Gasteiger partial charge in [-0.25, -0.2) is 18.4 Å². The van der Waals surface area contributed by atoms with Crippen LogP contribution in [0.15, 0.2) is 71.9 Å². The lowest BCUT2D eigenvalue weighted by Gasteiger charge is -2.34. The van der Waals surface area contributed by atoms with Crippen molar-refractivity contribution < 1.29 is 13.2 Å². The third kappa shape index (κ3) is 4.17. The molecular weight excluding hydrogens is 414 g/mol. The van der Waals surface area contributed by atoms with Crippen molar-refractivity contribution in [2.45, 2.75) is 4.90 Å². The summed E-state index contributed by atoms with van der Waals surface area (Å²) in [5.74, 6) is 0.290. The van der Waals surface area contributed by atoms with E-state index in [0.717, 1.165) is 5.56 Å². The number of carbonyl (C=O) groups is 1. The number of benzene rings is 2. The maximum absolute atomic E-state index is 12.9. The van der Waals surface area contributed by atoms with Gasteiger partial charge < -0.3 is 4.90 Å². The number of hydrogen-bond acceptors (Lipinski definition) is 6. The SMILES string of the molecule is N#Cc1ccccc1S(=O)(=O)N1CCN(C(=O)c2cnc(-c3ccccc3)nc2)CC1. The minimum Gasteiger partial charge on any atom is -0.336 e. The van der Waals surface area contributed by atoms with Crippen molar-refractivity contribution in [2.24, 2.45) is 0 Å². The van der Waals surface area contributed by atoms with Gasteiger partial charge in [-0.15, -0.1) is 0 Å². The lowest BCUT2D eigenvalue weighted by atomic mass is 10.2. The molecule has 1 aliphatic rings. The number of sulfonamides is 1. The van der Waals surface area contributed by atoms with Crippen LogP contribution in [0.2, 0.25) is 0 Å². The molecule has 1 aromatic heterocycles. The highest BCUT2D eigenvalue weighted by molar-refractivity contribution is 7.89. The zero-order chi connectivity index (χ0) is 21.8. The van der Waals surface area contributed by atoms with Gasteiger partial charge in [-0.3, -0.25) is 4.79 Å². The van der Waals surface area contributed by atoms with Gasteiger partial charge in [0.05, 0.1) is 16.0 Å². The Morgan fingerprint density at radius 3 is 2.16 bits per heavy atom. The summed E-state index contributed by atoms with van der Waals surface area (Å²) in [6.45, 7) is 0.786. The summed E-state index contributed by atoms with van der Waals surface area (Å²) >= 11 is 0. The average molecular weight is 433 g/mol. The highest BCUT2D eigenvalue weighted by Crippen LogP contribution is 2.21. The largest absolute Gasteiger partial charge is 0.336 e. The van der Waals surface area contributed by atoms with Crippen molar-refractivity contribution in [2.75, 3.05) is 26.2 Å². The molecule has 9 heteroatoms. The summed E-state index contributed by atoms with van der Waals surface area (Å²) in [5.41, 5.74) is 1.32. The van der Waals surface area contributed by atoms with Crippen LogP contribution < -0.4 is 0 Å². The van der Waals surface area contributed by atoms with E-state index in [1.807, 2.05) is 36.4 Å². The van der Waals surface area contributed by atoms with Gasteiger partial charge >= 0.3 is 0 Å². The average Bonchev–Trinajstić information content (AvgIpc) is 2.84. The van der Waals surface area contributed by atoms with Gasteiger partial charge in [-0.1, -0.05) is 42.5 Å². The van der Waals surface area contributed by atoms with Crippen molar-refractivity contribution >= 4 is 15.9 Å². The number of piperazine rings is 1. The zero-order valence-electron chi connectivity index (χ0n) is 16.5. The third-order valence-electron chi connectivity index (χ3n) is 5.08. The summed E-state index contributed by atoms with van der Waals surface area (Å²) in [6.07, 6.45) is 2.98. The second-order valence-electron chi connectivity index (χ2n) is 6.97. The van der Waals surface area contributed by atoms with E-state index in [9.17, 15) is 18.5 Å². The Morgan fingerprint density at radius 2 is 1.52 bits per heavy atom. The van der Waals surface area contributed by atoms with E-state index in [0.29, 0.717) is 11.4 Å². The molecule has 8 nitrogen and oxygen atoms in total. The monoisotopic (exact) mass is 433 g/mol. The molecule has 0 radical (unpaired) electrons. The van der Waals surface area contributed by atoms with Crippen LogP contribution in [-0.4, -0.2) is 59.7 Å². The molecule has 0 saturated carbocycles. The first-order valence-electron chi connectivity index (χ1n) is 9.67. The Morgan fingerprint density at radius 1 is 0.903 bits per heavy atom. The van der Waals surface area contributed by atoms with Gasteiger partial charge in [0.25, 0.3) is 5.91 Å². The lowest BCUT2D eigenvalue weighted by Crippen LogP contribution is -2.50. The van der Waals surface area contributed by atoms with Gasteiger partial charge in [0, 0.05) is 44.1 Å². The van der Waals surface area contributed by atoms with E-state index in [1.54, 1.807) is 17.0 Å².